The van der Waals surface area contributed by atoms with E-state index in [9.17, 15) is 19.0 Å². The first-order chi connectivity index (χ1) is 19.9. The Morgan fingerprint density at radius 1 is 0.595 bits per heavy atom. The van der Waals surface area contributed by atoms with Crippen LogP contribution in [0.3, 0.4) is 0 Å². The second kappa shape index (κ2) is 19.3. The molecule has 0 bridgehead atoms. The maximum absolute atomic E-state index is 12.4. The predicted molar refractivity (Wildman–Crippen MR) is 177 cm³/mol. The van der Waals surface area contributed by atoms with Gasteiger partial charge in [0, 0.05) is 11.1 Å². The molecule has 0 saturated heterocycles. The molecule has 6 heteroatoms. The largest absolute Gasteiger partial charge is 0.788 e. The highest BCUT2D eigenvalue weighted by Gasteiger charge is 2.30. The van der Waals surface area contributed by atoms with Crippen molar-refractivity contribution in [1.82, 2.24) is 0 Å². The quantitative estimate of drug-likeness (QED) is 0.126. The number of rotatable bonds is 18. The van der Waals surface area contributed by atoms with Crippen molar-refractivity contribution in [3.05, 3.63) is 70.8 Å². The molecule has 0 aromatic heterocycles. The van der Waals surface area contributed by atoms with Gasteiger partial charge in [-0.05, 0) is 48.6 Å². The van der Waals surface area contributed by atoms with E-state index < -0.39 is 18.4 Å². The molecule has 0 unspecified atom stereocenters. The van der Waals surface area contributed by atoms with Crippen molar-refractivity contribution in [3.63, 3.8) is 0 Å². The molecule has 0 saturated carbocycles. The van der Waals surface area contributed by atoms with E-state index in [-0.39, 0.29) is 23.0 Å². The minimum absolute atomic E-state index is 0.00915. The lowest BCUT2D eigenvalue weighted by atomic mass is 10.0. The van der Waals surface area contributed by atoms with Crippen molar-refractivity contribution in [2.24, 2.45) is 0 Å². The molecule has 0 heterocycles. The lowest BCUT2D eigenvalue weighted by Gasteiger charge is -2.39. The zero-order valence-electron chi connectivity index (χ0n) is 27.8. The molecule has 0 radical (unpaired) electrons. The van der Waals surface area contributed by atoms with Crippen LogP contribution in [0.4, 0.5) is 0 Å². The van der Waals surface area contributed by atoms with E-state index in [4.69, 9.17) is 0 Å². The Hall–Kier alpha value is -2.07. The summed E-state index contributed by atoms with van der Waals surface area (Å²) in [6, 6.07) is 12.7. The molecule has 5 nitrogen and oxygen atoms in total. The second-order valence-corrected chi connectivity index (χ2v) is 14.3. The summed E-state index contributed by atoms with van der Waals surface area (Å²) in [4.78, 5) is 37.1. The lowest BCUT2D eigenvalue weighted by molar-refractivity contribution is -0.929. The van der Waals surface area contributed by atoms with E-state index in [2.05, 4.69) is 27.7 Å². The fourth-order valence-electron chi connectivity index (χ4n) is 5.10. The van der Waals surface area contributed by atoms with Gasteiger partial charge in [-0.3, -0.25) is 9.59 Å². The van der Waals surface area contributed by atoms with Crippen molar-refractivity contribution < 1.29 is 23.5 Å². The molecule has 0 spiro atoms. The fourth-order valence-corrected chi connectivity index (χ4v) is 6.26. The Bertz CT molecular complexity index is 1000. The van der Waals surface area contributed by atoms with Crippen LogP contribution in [0.1, 0.15) is 150 Å². The fraction of sp³-hybridized carbons (Fsp3) is 0.611. The molecule has 236 valence electrons. The maximum Gasteiger partial charge on any atom is 0.214 e. The molecular weight excluding hydrogens is 541 g/mol. The smallest absolute Gasteiger partial charge is 0.214 e. The highest BCUT2D eigenvalue weighted by Crippen LogP contribution is 2.43. The van der Waals surface area contributed by atoms with Gasteiger partial charge in [0.2, 0.25) is 11.0 Å². The Kier molecular flexibility index (Phi) is 17.4. The minimum Gasteiger partial charge on any atom is -0.788 e. The molecule has 0 amide bonds. The van der Waals surface area contributed by atoms with Crippen LogP contribution in [0.15, 0.2) is 48.5 Å². The van der Waals surface area contributed by atoms with E-state index >= 15 is 0 Å². The second-order valence-electron chi connectivity index (χ2n) is 12.4. The lowest BCUT2D eigenvalue weighted by Crippen LogP contribution is -2.50. The summed E-state index contributed by atoms with van der Waals surface area (Å²) in [5, 5.41) is 0. The Morgan fingerprint density at radius 3 is 1.07 bits per heavy atom. The third kappa shape index (κ3) is 11.9. The predicted octanol–water partition coefficient (Wildman–Crippen LogP) is 9.56. The molecule has 0 aliphatic heterocycles. The summed E-state index contributed by atoms with van der Waals surface area (Å²) in [6.07, 6.45) is 11.1. The third-order valence-electron chi connectivity index (χ3n) is 8.13. The summed E-state index contributed by atoms with van der Waals surface area (Å²) in [6.45, 7) is 23.0. The average Bonchev–Trinajstić information content (AvgIpc) is 3.00. The number of quaternary nitrogens is 1. The molecule has 0 N–H and O–H groups in total. The molecule has 0 fully saturated rings. The van der Waals surface area contributed by atoms with Gasteiger partial charge in [-0.1, -0.05) is 130 Å². The van der Waals surface area contributed by atoms with Crippen LogP contribution in [0.5, 0.6) is 0 Å². The van der Waals surface area contributed by atoms with Gasteiger partial charge < -0.3 is 13.9 Å². The normalized spacial score (nSPS) is 11.9. The average molecular weight is 600 g/mol. The number of carbonyl (C=O) groups is 2. The van der Waals surface area contributed by atoms with Crippen LogP contribution in [0, 0.1) is 0 Å². The first kappa shape index (κ1) is 38.0. The van der Waals surface area contributed by atoms with Gasteiger partial charge in [-0.15, -0.1) is 0 Å². The summed E-state index contributed by atoms with van der Waals surface area (Å²) in [5.41, 5.74) is -0.271. The Morgan fingerprint density at radius 2 is 0.857 bits per heavy atom. The molecule has 2 aromatic rings. The van der Waals surface area contributed by atoms with E-state index in [1.807, 2.05) is 27.7 Å². The van der Waals surface area contributed by atoms with E-state index in [1.165, 1.54) is 106 Å². The van der Waals surface area contributed by atoms with Crippen LogP contribution in [0.2, 0.25) is 0 Å². The number of unbranched alkanes of at least 4 members (excludes halogenated alkanes) is 4. The standard InChI is InChI=1S/C20H23O4P.C16H36N/c1-13(2)15-5-9-17(10-6-15)19(21)25(23,24)20(22)18-11-7-16(8-12-18)14(3)4;1-5-9-13-17(14-10-6-2,15-11-7-3)16-12-8-4/h5-14H,1-4H3,(H,23,24);5-16H2,1-4H3/q;+1/p-1. The van der Waals surface area contributed by atoms with Gasteiger partial charge in [0.05, 0.1) is 26.2 Å². The Balaban J connectivity index is 0.000000456. The highest BCUT2D eigenvalue weighted by atomic mass is 31.2. The highest BCUT2D eigenvalue weighted by molar-refractivity contribution is 7.89. The van der Waals surface area contributed by atoms with Gasteiger partial charge in [0.1, 0.15) is 0 Å². The summed E-state index contributed by atoms with van der Waals surface area (Å²) in [5.74, 6) is 0.536. The molecule has 0 aliphatic carbocycles. The van der Waals surface area contributed by atoms with Crippen molar-refractivity contribution in [1.29, 1.82) is 0 Å². The molecule has 0 aliphatic rings. The number of hydrogen-bond donors (Lipinski definition) is 0. The van der Waals surface area contributed by atoms with Crippen LogP contribution >= 0.6 is 7.37 Å². The first-order valence-corrected chi connectivity index (χ1v) is 18.0. The van der Waals surface area contributed by atoms with Crippen LogP contribution in [0.25, 0.3) is 0 Å². The monoisotopic (exact) mass is 599 g/mol. The van der Waals surface area contributed by atoms with Gasteiger partial charge in [-0.25, -0.2) is 0 Å². The number of nitrogens with zero attached hydrogens (tertiary/aromatic N) is 1. The van der Waals surface area contributed by atoms with Crippen molar-refractivity contribution >= 4 is 18.4 Å². The van der Waals surface area contributed by atoms with Crippen LogP contribution in [-0.2, 0) is 4.57 Å². The van der Waals surface area contributed by atoms with Crippen molar-refractivity contribution in [3.8, 4) is 0 Å². The maximum atomic E-state index is 12.4. The van der Waals surface area contributed by atoms with Gasteiger partial charge in [0.15, 0.2) is 7.37 Å². The topological polar surface area (TPSA) is 74.3 Å². The van der Waals surface area contributed by atoms with E-state index in [0.717, 1.165) is 11.1 Å². The summed E-state index contributed by atoms with van der Waals surface area (Å²) < 4.78 is 13.8. The number of hydrogen-bond acceptors (Lipinski definition) is 4. The van der Waals surface area contributed by atoms with Crippen molar-refractivity contribution in [2.45, 2.75) is 119 Å². The number of benzene rings is 2. The zero-order chi connectivity index (χ0) is 31.8. The van der Waals surface area contributed by atoms with Crippen LogP contribution in [-0.4, -0.2) is 41.7 Å². The van der Waals surface area contributed by atoms with Gasteiger partial charge >= 0.3 is 0 Å². The SMILES string of the molecule is CC(C)c1ccc(C(=O)P(=O)([O-])C(=O)c2ccc(C(C)C)cc2)cc1.CCCC[N+](CCCC)(CCCC)CCCC. The Labute approximate surface area is 257 Å². The van der Waals surface area contributed by atoms with E-state index in [1.54, 1.807) is 24.3 Å². The van der Waals surface area contributed by atoms with Crippen LogP contribution < -0.4 is 4.89 Å². The zero-order valence-corrected chi connectivity index (χ0v) is 28.7. The molecule has 42 heavy (non-hydrogen) atoms. The van der Waals surface area contributed by atoms with Crippen molar-refractivity contribution in [2.75, 3.05) is 26.2 Å². The summed E-state index contributed by atoms with van der Waals surface area (Å²) >= 11 is 0. The third-order valence-corrected chi connectivity index (χ3v) is 9.71. The molecule has 2 aromatic carbocycles. The first-order valence-electron chi connectivity index (χ1n) is 16.3. The minimum atomic E-state index is -4.92. The van der Waals surface area contributed by atoms with E-state index in [0.29, 0.717) is 0 Å². The number of carbonyl (C=O) groups excluding carboxylic acids is 2. The van der Waals surface area contributed by atoms with Gasteiger partial charge in [0.25, 0.3) is 0 Å². The summed E-state index contributed by atoms with van der Waals surface area (Å²) in [7, 11) is -4.92. The molecular formula is C36H58NO4P. The molecule has 2 rings (SSSR count). The van der Waals surface area contributed by atoms with Gasteiger partial charge in [-0.2, -0.15) is 0 Å². The molecule has 0 atom stereocenters.